The first kappa shape index (κ1) is 18.9. The average Bonchev–Trinajstić information content (AvgIpc) is 2.70. The van der Waals surface area contributed by atoms with Crippen LogP contribution in [0.4, 0.5) is 5.82 Å². The van der Waals surface area contributed by atoms with Crippen molar-refractivity contribution in [3.8, 4) is 0 Å². The molecule has 6 heteroatoms. The number of aromatic nitrogens is 2. The number of amides is 1. The zero-order valence-corrected chi connectivity index (χ0v) is 15.8. The van der Waals surface area contributed by atoms with E-state index in [4.69, 9.17) is 11.6 Å². The zero-order chi connectivity index (χ0) is 19.1. The van der Waals surface area contributed by atoms with Crippen molar-refractivity contribution in [1.82, 2.24) is 15.3 Å². The summed E-state index contributed by atoms with van der Waals surface area (Å²) in [6.07, 6.45) is 2.22. The highest BCUT2D eigenvalue weighted by molar-refractivity contribution is 6.30. The number of anilines is 1. The molecule has 1 unspecified atom stereocenters. The Balaban J connectivity index is 1.56. The van der Waals surface area contributed by atoms with Crippen LogP contribution in [-0.4, -0.2) is 22.4 Å². The average molecular weight is 381 g/mol. The van der Waals surface area contributed by atoms with Crippen LogP contribution in [0.3, 0.4) is 0 Å². The summed E-state index contributed by atoms with van der Waals surface area (Å²) in [5, 5.41) is 6.91. The number of carbonyl (C=O) groups excluding carboxylic acids is 1. The summed E-state index contributed by atoms with van der Waals surface area (Å²) in [7, 11) is 0. The van der Waals surface area contributed by atoms with Gasteiger partial charge in [0.25, 0.3) is 5.91 Å². The lowest BCUT2D eigenvalue weighted by Gasteiger charge is -2.14. The van der Waals surface area contributed by atoms with Gasteiger partial charge in [0.05, 0.1) is 6.04 Å². The molecule has 0 bridgehead atoms. The summed E-state index contributed by atoms with van der Waals surface area (Å²) < 4.78 is 0. The van der Waals surface area contributed by atoms with Crippen LogP contribution in [0.15, 0.2) is 67.0 Å². The Bertz CT molecular complexity index is 884. The van der Waals surface area contributed by atoms with Crippen LogP contribution < -0.4 is 10.6 Å². The van der Waals surface area contributed by atoms with Gasteiger partial charge in [0.2, 0.25) is 0 Å². The maximum Gasteiger partial charge on any atom is 0.270 e. The Labute approximate surface area is 163 Å². The fourth-order valence-electron chi connectivity index (χ4n) is 2.66. The molecule has 0 fully saturated rings. The Morgan fingerprint density at radius 1 is 1.07 bits per heavy atom. The van der Waals surface area contributed by atoms with Gasteiger partial charge in [-0.2, -0.15) is 0 Å². The number of hydrogen-bond acceptors (Lipinski definition) is 4. The van der Waals surface area contributed by atoms with Gasteiger partial charge in [-0.1, -0.05) is 54.1 Å². The van der Waals surface area contributed by atoms with Crippen molar-refractivity contribution in [2.75, 3.05) is 11.9 Å². The van der Waals surface area contributed by atoms with Crippen LogP contribution in [0.5, 0.6) is 0 Å². The molecule has 0 radical (unpaired) electrons. The molecule has 0 aliphatic carbocycles. The Hall–Kier alpha value is -2.92. The van der Waals surface area contributed by atoms with E-state index >= 15 is 0 Å². The van der Waals surface area contributed by atoms with Gasteiger partial charge in [-0.25, -0.2) is 9.97 Å². The fraction of sp³-hybridized carbons (Fsp3) is 0.190. The van der Waals surface area contributed by atoms with Gasteiger partial charge >= 0.3 is 0 Å². The van der Waals surface area contributed by atoms with Gasteiger partial charge in [-0.3, -0.25) is 4.79 Å². The molecule has 0 aliphatic heterocycles. The standard InChI is InChI=1S/C21H21ClN4O/c1-15(17-5-3-2-4-6-17)26-21(27)19-13-20(25-14-24-19)23-12-11-16-7-9-18(22)10-8-16/h2-10,13-15H,11-12H2,1H3,(H,26,27)(H,23,24,25). The van der Waals surface area contributed by atoms with E-state index in [1.54, 1.807) is 6.07 Å². The van der Waals surface area contributed by atoms with Crippen molar-refractivity contribution in [2.45, 2.75) is 19.4 Å². The van der Waals surface area contributed by atoms with E-state index in [0.29, 0.717) is 18.1 Å². The predicted octanol–water partition coefficient (Wildman–Crippen LogP) is 4.28. The molecule has 1 amide bonds. The number of rotatable bonds is 7. The number of halogens is 1. The SMILES string of the molecule is CC(NC(=O)c1cc(NCCc2ccc(Cl)cc2)ncn1)c1ccccc1. The monoisotopic (exact) mass is 380 g/mol. The number of nitrogens with zero attached hydrogens (tertiary/aromatic N) is 2. The highest BCUT2D eigenvalue weighted by Gasteiger charge is 2.13. The number of nitrogens with one attached hydrogen (secondary N) is 2. The van der Waals surface area contributed by atoms with E-state index in [2.05, 4.69) is 20.6 Å². The van der Waals surface area contributed by atoms with Gasteiger partial charge < -0.3 is 10.6 Å². The molecule has 0 saturated carbocycles. The van der Waals surface area contributed by atoms with Crippen molar-refractivity contribution in [1.29, 1.82) is 0 Å². The van der Waals surface area contributed by atoms with Crippen molar-refractivity contribution in [2.24, 2.45) is 0 Å². The lowest BCUT2D eigenvalue weighted by Crippen LogP contribution is -2.27. The predicted molar refractivity (Wildman–Crippen MR) is 108 cm³/mol. The quantitative estimate of drug-likeness (QED) is 0.642. The van der Waals surface area contributed by atoms with Gasteiger partial charge in [0.1, 0.15) is 17.8 Å². The largest absolute Gasteiger partial charge is 0.370 e. The molecule has 2 N–H and O–H groups in total. The second kappa shape index (κ2) is 9.14. The minimum atomic E-state index is -0.227. The zero-order valence-electron chi connectivity index (χ0n) is 15.0. The third kappa shape index (κ3) is 5.53. The molecule has 3 rings (SSSR count). The fourth-order valence-corrected chi connectivity index (χ4v) is 2.79. The molecule has 1 atom stereocenters. The van der Waals surface area contributed by atoms with Crippen LogP contribution in [0.1, 0.15) is 34.6 Å². The van der Waals surface area contributed by atoms with Crippen LogP contribution >= 0.6 is 11.6 Å². The Morgan fingerprint density at radius 3 is 2.56 bits per heavy atom. The minimum Gasteiger partial charge on any atom is -0.370 e. The molecule has 0 spiro atoms. The Kier molecular flexibility index (Phi) is 6.39. The van der Waals surface area contributed by atoms with Crippen LogP contribution in [0, 0.1) is 0 Å². The van der Waals surface area contributed by atoms with Crippen molar-refractivity contribution < 1.29 is 4.79 Å². The molecular formula is C21H21ClN4O. The first-order chi connectivity index (χ1) is 13.1. The summed E-state index contributed by atoms with van der Waals surface area (Å²) >= 11 is 5.89. The molecule has 3 aromatic rings. The molecule has 1 aromatic heterocycles. The van der Waals surface area contributed by atoms with E-state index in [1.165, 1.54) is 11.9 Å². The lowest BCUT2D eigenvalue weighted by atomic mass is 10.1. The molecule has 0 aliphatic rings. The van der Waals surface area contributed by atoms with Crippen molar-refractivity contribution in [3.63, 3.8) is 0 Å². The van der Waals surface area contributed by atoms with Gasteiger partial charge in [0.15, 0.2) is 0 Å². The van der Waals surface area contributed by atoms with Gasteiger partial charge in [-0.05, 0) is 36.6 Å². The summed E-state index contributed by atoms with van der Waals surface area (Å²) in [4.78, 5) is 20.7. The van der Waals surface area contributed by atoms with E-state index in [-0.39, 0.29) is 11.9 Å². The number of hydrogen-bond donors (Lipinski definition) is 2. The molecular weight excluding hydrogens is 360 g/mol. The van der Waals surface area contributed by atoms with Gasteiger partial charge in [0, 0.05) is 17.6 Å². The molecule has 5 nitrogen and oxygen atoms in total. The molecule has 138 valence electrons. The van der Waals surface area contributed by atoms with Crippen LogP contribution in [0.2, 0.25) is 5.02 Å². The molecule has 0 saturated heterocycles. The van der Waals surface area contributed by atoms with Crippen LogP contribution in [0.25, 0.3) is 0 Å². The molecule has 2 aromatic carbocycles. The van der Waals surface area contributed by atoms with Gasteiger partial charge in [-0.15, -0.1) is 0 Å². The Morgan fingerprint density at radius 2 is 1.81 bits per heavy atom. The maximum atomic E-state index is 12.5. The normalized spacial score (nSPS) is 11.6. The summed E-state index contributed by atoms with van der Waals surface area (Å²) in [5.41, 5.74) is 2.55. The second-order valence-corrected chi connectivity index (χ2v) is 6.63. The van der Waals surface area contributed by atoms with E-state index < -0.39 is 0 Å². The van der Waals surface area contributed by atoms with E-state index in [9.17, 15) is 4.79 Å². The summed E-state index contributed by atoms with van der Waals surface area (Å²) in [5.74, 6) is 0.394. The topological polar surface area (TPSA) is 66.9 Å². The van der Waals surface area contributed by atoms with E-state index in [0.717, 1.165) is 17.0 Å². The third-order valence-electron chi connectivity index (χ3n) is 4.18. The summed E-state index contributed by atoms with van der Waals surface area (Å²) in [6.45, 7) is 2.64. The lowest BCUT2D eigenvalue weighted by molar-refractivity contribution is 0.0934. The van der Waals surface area contributed by atoms with Crippen LogP contribution in [-0.2, 0) is 6.42 Å². The number of benzene rings is 2. The third-order valence-corrected chi connectivity index (χ3v) is 4.43. The first-order valence-corrected chi connectivity index (χ1v) is 9.16. The highest BCUT2D eigenvalue weighted by Crippen LogP contribution is 2.13. The maximum absolute atomic E-state index is 12.5. The second-order valence-electron chi connectivity index (χ2n) is 6.20. The molecule has 27 heavy (non-hydrogen) atoms. The molecule has 1 heterocycles. The number of carbonyl (C=O) groups is 1. The van der Waals surface area contributed by atoms with E-state index in [1.807, 2.05) is 61.5 Å². The smallest absolute Gasteiger partial charge is 0.270 e. The van der Waals surface area contributed by atoms with Crippen molar-refractivity contribution in [3.05, 3.63) is 88.8 Å². The van der Waals surface area contributed by atoms with Crippen molar-refractivity contribution >= 4 is 23.3 Å². The first-order valence-electron chi connectivity index (χ1n) is 8.78. The highest BCUT2D eigenvalue weighted by atomic mass is 35.5. The summed E-state index contributed by atoms with van der Waals surface area (Å²) in [6, 6.07) is 19.1. The minimum absolute atomic E-state index is 0.102.